The summed E-state index contributed by atoms with van der Waals surface area (Å²) in [5.74, 6) is 0.988. The summed E-state index contributed by atoms with van der Waals surface area (Å²) < 4.78 is 5.11. The van der Waals surface area contributed by atoms with Crippen LogP contribution in [0.25, 0.3) is 0 Å². The van der Waals surface area contributed by atoms with E-state index >= 15 is 0 Å². The van der Waals surface area contributed by atoms with Crippen LogP contribution in [0.4, 0.5) is 0 Å². The molecule has 0 bridgehead atoms. The van der Waals surface area contributed by atoms with E-state index in [1.54, 1.807) is 7.11 Å². The Bertz CT molecular complexity index is 327. The number of ether oxygens (including phenoxy) is 1. The first-order chi connectivity index (χ1) is 8.88. The molecule has 1 aromatic carbocycles. The second-order valence-corrected chi connectivity index (χ2v) is 5.37. The van der Waals surface area contributed by atoms with Gasteiger partial charge in [-0.25, -0.2) is 0 Å². The molecule has 0 aliphatic heterocycles. The molecule has 2 nitrogen and oxygen atoms in total. The summed E-state index contributed by atoms with van der Waals surface area (Å²) in [5.41, 5.74) is 2.61. The maximum absolute atomic E-state index is 5.11. The molecule has 0 aromatic heterocycles. The Labute approximate surface area is 111 Å². The summed E-state index contributed by atoms with van der Waals surface area (Å²) in [5, 5.41) is 3.55. The third-order valence-electron chi connectivity index (χ3n) is 3.87. The molecule has 1 saturated carbocycles. The lowest BCUT2D eigenvalue weighted by atomic mass is 10.0. The standard InChI is InChI=1S/C16H25NO/c1-18-13-16-8-6-15(7-9-16)12-17-11-10-14-4-2-3-5-14/h6-9,14,17H,2-5,10-13H2,1H3. The average molecular weight is 247 g/mol. The van der Waals surface area contributed by atoms with Crippen LogP contribution in [0.2, 0.25) is 0 Å². The number of hydrogen-bond donors (Lipinski definition) is 1. The number of methoxy groups -OCH3 is 1. The Morgan fingerprint density at radius 2 is 1.78 bits per heavy atom. The van der Waals surface area contributed by atoms with E-state index in [1.807, 2.05) is 0 Å². The average Bonchev–Trinajstić information content (AvgIpc) is 2.90. The van der Waals surface area contributed by atoms with Gasteiger partial charge >= 0.3 is 0 Å². The van der Waals surface area contributed by atoms with Gasteiger partial charge in [-0.3, -0.25) is 0 Å². The Kier molecular flexibility index (Phi) is 5.69. The maximum Gasteiger partial charge on any atom is 0.0713 e. The van der Waals surface area contributed by atoms with Crippen LogP contribution >= 0.6 is 0 Å². The fraction of sp³-hybridized carbons (Fsp3) is 0.625. The first-order valence-corrected chi connectivity index (χ1v) is 7.16. The molecule has 1 N–H and O–H groups in total. The molecule has 18 heavy (non-hydrogen) atoms. The van der Waals surface area contributed by atoms with Crippen molar-refractivity contribution in [1.29, 1.82) is 0 Å². The molecule has 1 fully saturated rings. The van der Waals surface area contributed by atoms with Crippen LogP contribution in [-0.4, -0.2) is 13.7 Å². The topological polar surface area (TPSA) is 21.3 Å². The van der Waals surface area contributed by atoms with Crippen molar-refractivity contribution in [2.45, 2.75) is 45.3 Å². The molecule has 0 atom stereocenters. The molecular weight excluding hydrogens is 222 g/mol. The summed E-state index contributed by atoms with van der Waals surface area (Å²) >= 11 is 0. The van der Waals surface area contributed by atoms with E-state index in [1.165, 1.54) is 43.2 Å². The first-order valence-electron chi connectivity index (χ1n) is 7.16. The minimum absolute atomic E-state index is 0.704. The second kappa shape index (κ2) is 7.55. The highest BCUT2D eigenvalue weighted by Gasteiger charge is 2.13. The van der Waals surface area contributed by atoms with Gasteiger partial charge in [-0.05, 0) is 30.0 Å². The van der Waals surface area contributed by atoms with Gasteiger partial charge in [-0.2, -0.15) is 0 Å². The lowest BCUT2D eigenvalue weighted by Gasteiger charge is -2.10. The van der Waals surface area contributed by atoms with Crippen LogP contribution in [0, 0.1) is 5.92 Å². The molecule has 0 heterocycles. The van der Waals surface area contributed by atoms with Gasteiger partial charge in [0, 0.05) is 13.7 Å². The van der Waals surface area contributed by atoms with Crippen molar-refractivity contribution in [3.8, 4) is 0 Å². The van der Waals surface area contributed by atoms with E-state index in [9.17, 15) is 0 Å². The van der Waals surface area contributed by atoms with Gasteiger partial charge in [-0.15, -0.1) is 0 Å². The minimum atomic E-state index is 0.704. The van der Waals surface area contributed by atoms with E-state index < -0.39 is 0 Å². The van der Waals surface area contributed by atoms with Gasteiger partial charge in [0.1, 0.15) is 0 Å². The van der Waals surface area contributed by atoms with Gasteiger partial charge < -0.3 is 10.1 Å². The number of nitrogens with one attached hydrogen (secondary N) is 1. The van der Waals surface area contributed by atoms with Gasteiger partial charge in [-0.1, -0.05) is 49.9 Å². The zero-order valence-corrected chi connectivity index (χ0v) is 11.5. The predicted octanol–water partition coefficient (Wildman–Crippen LogP) is 3.50. The Morgan fingerprint density at radius 1 is 1.11 bits per heavy atom. The molecule has 1 aromatic rings. The molecule has 0 spiro atoms. The predicted molar refractivity (Wildman–Crippen MR) is 75.4 cm³/mol. The number of hydrogen-bond acceptors (Lipinski definition) is 2. The fourth-order valence-electron chi connectivity index (χ4n) is 2.76. The van der Waals surface area contributed by atoms with Crippen LogP contribution in [-0.2, 0) is 17.9 Å². The van der Waals surface area contributed by atoms with E-state index in [4.69, 9.17) is 4.74 Å². The van der Waals surface area contributed by atoms with Crippen LogP contribution in [0.1, 0.15) is 43.2 Å². The molecule has 100 valence electrons. The zero-order chi connectivity index (χ0) is 12.6. The summed E-state index contributed by atoms with van der Waals surface area (Å²) in [4.78, 5) is 0. The van der Waals surface area contributed by atoms with Crippen LogP contribution in [0.5, 0.6) is 0 Å². The SMILES string of the molecule is COCc1ccc(CNCCC2CCCC2)cc1. The molecular formula is C16H25NO. The molecule has 0 saturated heterocycles. The second-order valence-electron chi connectivity index (χ2n) is 5.37. The Hall–Kier alpha value is -0.860. The maximum atomic E-state index is 5.11. The first kappa shape index (κ1) is 13.6. The van der Waals surface area contributed by atoms with Crippen molar-refractivity contribution >= 4 is 0 Å². The van der Waals surface area contributed by atoms with Gasteiger partial charge in [0.25, 0.3) is 0 Å². The van der Waals surface area contributed by atoms with Gasteiger partial charge in [0.15, 0.2) is 0 Å². The molecule has 0 amide bonds. The highest BCUT2D eigenvalue weighted by atomic mass is 16.5. The monoisotopic (exact) mass is 247 g/mol. The van der Waals surface area contributed by atoms with Crippen LogP contribution in [0.3, 0.4) is 0 Å². The smallest absolute Gasteiger partial charge is 0.0713 e. The lowest BCUT2D eigenvalue weighted by molar-refractivity contribution is 0.185. The molecule has 0 unspecified atom stereocenters. The summed E-state index contributed by atoms with van der Waals surface area (Å²) in [6.45, 7) is 2.85. The summed E-state index contributed by atoms with van der Waals surface area (Å²) in [7, 11) is 1.73. The molecule has 0 radical (unpaired) electrons. The third-order valence-corrected chi connectivity index (χ3v) is 3.87. The van der Waals surface area contributed by atoms with Gasteiger partial charge in [0.05, 0.1) is 6.61 Å². The largest absolute Gasteiger partial charge is 0.380 e. The van der Waals surface area contributed by atoms with E-state index in [0.29, 0.717) is 6.61 Å². The molecule has 2 rings (SSSR count). The van der Waals surface area contributed by atoms with Crippen molar-refractivity contribution in [2.24, 2.45) is 5.92 Å². The molecule has 1 aliphatic rings. The summed E-state index contributed by atoms with van der Waals surface area (Å²) in [6, 6.07) is 8.68. The van der Waals surface area contributed by atoms with E-state index in [2.05, 4.69) is 29.6 Å². The third kappa shape index (κ3) is 4.43. The van der Waals surface area contributed by atoms with E-state index in [-0.39, 0.29) is 0 Å². The van der Waals surface area contributed by atoms with Crippen molar-refractivity contribution < 1.29 is 4.74 Å². The fourth-order valence-corrected chi connectivity index (χ4v) is 2.76. The van der Waals surface area contributed by atoms with Gasteiger partial charge in [0.2, 0.25) is 0 Å². The number of rotatable bonds is 7. The highest BCUT2D eigenvalue weighted by Crippen LogP contribution is 2.26. The quantitative estimate of drug-likeness (QED) is 0.745. The van der Waals surface area contributed by atoms with Crippen molar-refractivity contribution in [3.63, 3.8) is 0 Å². The zero-order valence-electron chi connectivity index (χ0n) is 11.5. The minimum Gasteiger partial charge on any atom is -0.380 e. The van der Waals surface area contributed by atoms with Crippen molar-refractivity contribution in [1.82, 2.24) is 5.32 Å². The molecule has 1 aliphatic carbocycles. The normalized spacial score (nSPS) is 16.3. The van der Waals surface area contributed by atoms with Crippen LogP contribution in [0.15, 0.2) is 24.3 Å². The van der Waals surface area contributed by atoms with Crippen LogP contribution < -0.4 is 5.32 Å². The highest BCUT2D eigenvalue weighted by molar-refractivity contribution is 5.21. The Balaban J connectivity index is 1.63. The Morgan fingerprint density at radius 3 is 2.44 bits per heavy atom. The number of benzene rings is 1. The lowest BCUT2D eigenvalue weighted by Crippen LogP contribution is -2.17. The summed E-state index contributed by atoms with van der Waals surface area (Å²) in [6.07, 6.45) is 7.15. The van der Waals surface area contributed by atoms with Crippen molar-refractivity contribution in [3.05, 3.63) is 35.4 Å². The molecule has 2 heteroatoms. The van der Waals surface area contributed by atoms with E-state index in [0.717, 1.165) is 19.0 Å². The van der Waals surface area contributed by atoms with Crippen molar-refractivity contribution in [2.75, 3.05) is 13.7 Å².